The second-order valence-corrected chi connectivity index (χ2v) is 7.76. The second kappa shape index (κ2) is 9.03. The first-order valence-electron chi connectivity index (χ1n) is 9.66. The van der Waals surface area contributed by atoms with E-state index >= 15 is 0 Å². The Bertz CT molecular complexity index is 710. The van der Waals surface area contributed by atoms with Gasteiger partial charge in [0.25, 0.3) is 0 Å². The van der Waals surface area contributed by atoms with E-state index in [2.05, 4.69) is 37.0 Å². The van der Waals surface area contributed by atoms with Gasteiger partial charge in [-0.3, -0.25) is 9.78 Å². The first-order valence-corrected chi connectivity index (χ1v) is 9.66. The van der Waals surface area contributed by atoms with E-state index in [0.29, 0.717) is 24.6 Å². The molecule has 2 aromatic heterocycles. The van der Waals surface area contributed by atoms with E-state index < -0.39 is 11.9 Å². The number of tetrazole rings is 1. The summed E-state index contributed by atoms with van der Waals surface area (Å²) in [5.74, 6) is -0.518. The number of piperidine rings is 1. The van der Waals surface area contributed by atoms with Gasteiger partial charge in [-0.2, -0.15) is 5.21 Å². The molecule has 0 amide bonds. The quantitative estimate of drug-likeness (QED) is 0.650. The predicted molar refractivity (Wildman–Crippen MR) is 100 cm³/mol. The lowest BCUT2D eigenvalue weighted by Crippen LogP contribution is -2.27. The Kier molecular flexibility index (Phi) is 6.49. The molecule has 1 saturated heterocycles. The molecule has 3 heterocycles. The summed E-state index contributed by atoms with van der Waals surface area (Å²) in [5.41, 5.74) is 2.12. The molecule has 2 unspecified atom stereocenters. The normalized spacial score (nSPS) is 17.7. The van der Waals surface area contributed by atoms with Crippen molar-refractivity contribution < 1.29 is 9.90 Å². The second-order valence-electron chi connectivity index (χ2n) is 7.76. The molecular formula is C19H28N6O2. The fourth-order valence-electron chi connectivity index (χ4n) is 3.86. The average Bonchev–Trinajstić information content (AvgIpc) is 3.20. The molecule has 146 valence electrons. The molecule has 0 radical (unpaired) electrons. The molecule has 0 aromatic carbocycles. The number of aromatic amines is 1. The van der Waals surface area contributed by atoms with Crippen molar-refractivity contribution in [3.8, 4) is 0 Å². The maximum absolute atomic E-state index is 11.9. The number of carbonyl (C=O) groups is 1. The van der Waals surface area contributed by atoms with Gasteiger partial charge in [0.05, 0.1) is 5.92 Å². The van der Waals surface area contributed by atoms with E-state index in [1.807, 2.05) is 26.1 Å². The number of H-pyrrole nitrogens is 1. The minimum absolute atomic E-state index is 0.260. The molecule has 1 aliphatic rings. The van der Waals surface area contributed by atoms with Crippen LogP contribution in [0.25, 0.3) is 0 Å². The van der Waals surface area contributed by atoms with E-state index in [4.69, 9.17) is 0 Å². The Morgan fingerprint density at radius 3 is 2.63 bits per heavy atom. The standard InChI is InChI=1S/C19H28N6O2/c1-12(2)9-17(19(26)27)16(18-22-24-25-23-18)10-15-4-3-14(11-21-15)13-5-7-20-8-6-13/h3-4,11-13,16-17,20H,5-10H2,1-2H3,(H,26,27)(H,22,23,24,25). The Balaban J connectivity index is 1.78. The topological polar surface area (TPSA) is 117 Å². The lowest BCUT2D eigenvalue weighted by molar-refractivity contribution is -0.143. The van der Waals surface area contributed by atoms with Crippen molar-refractivity contribution in [1.29, 1.82) is 0 Å². The Morgan fingerprint density at radius 2 is 2.07 bits per heavy atom. The van der Waals surface area contributed by atoms with Crippen LogP contribution in [0.3, 0.4) is 0 Å². The van der Waals surface area contributed by atoms with Crippen LogP contribution in [0.15, 0.2) is 18.3 Å². The third-order valence-corrected chi connectivity index (χ3v) is 5.31. The summed E-state index contributed by atoms with van der Waals surface area (Å²) in [6.07, 6.45) is 5.23. The zero-order chi connectivity index (χ0) is 19.2. The maximum atomic E-state index is 11.9. The fraction of sp³-hybridized carbons (Fsp3) is 0.632. The van der Waals surface area contributed by atoms with E-state index in [-0.39, 0.29) is 11.8 Å². The number of nitrogens with one attached hydrogen (secondary N) is 2. The molecule has 3 N–H and O–H groups in total. The zero-order valence-electron chi connectivity index (χ0n) is 15.9. The van der Waals surface area contributed by atoms with Gasteiger partial charge in [0, 0.05) is 24.2 Å². The van der Waals surface area contributed by atoms with Crippen molar-refractivity contribution in [3.05, 3.63) is 35.4 Å². The number of rotatable bonds is 8. The summed E-state index contributed by atoms with van der Waals surface area (Å²) >= 11 is 0. The van der Waals surface area contributed by atoms with Gasteiger partial charge in [0.1, 0.15) is 0 Å². The minimum Gasteiger partial charge on any atom is -0.481 e. The van der Waals surface area contributed by atoms with Crippen molar-refractivity contribution in [2.75, 3.05) is 13.1 Å². The Labute approximate surface area is 159 Å². The molecule has 2 aromatic rings. The summed E-state index contributed by atoms with van der Waals surface area (Å²) in [7, 11) is 0. The van der Waals surface area contributed by atoms with Gasteiger partial charge in [-0.1, -0.05) is 25.1 Å². The summed E-state index contributed by atoms with van der Waals surface area (Å²) in [4.78, 5) is 16.5. The van der Waals surface area contributed by atoms with Crippen LogP contribution in [-0.4, -0.2) is 49.8 Å². The van der Waals surface area contributed by atoms with Gasteiger partial charge < -0.3 is 10.4 Å². The molecule has 1 fully saturated rings. The molecule has 3 rings (SSSR count). The first kappa shape index (κ1) is 19.4. The van der Waals surface area contributed by atoms with E-state index in [0.717, 1.165) is 31.6 Å². The lowest BCUT2D eigenvalue weighted by atomic mass is 9.82. The van der Waals surface area contributed by atoms with E-state index in [9.17, 15) is 9.90 Å². The largest absolute Gasteiger partial charge is 0.481 e. The lowest BCUT2D eigenvalue weighted by Gasteiger charge is -2.24. The van der Waals surface area contributed by atoms with Crippen LogP contribution in [0.4, 0.5) is 0 Å². The average molecular weight is 372 g/mol. The number of aromatic nitrogens is 5. The van der Waals surface area contributed by atoms with Crippen molar-refractivity contribution in [3.63, 3.8) is 0 Å². The van der Waals surface area contributed by atoms with Gasteiger partial charge in [0.2, 0.25) is 0 Å². The van der Waals surface area contributed by atoms with Gasteiger partial charge in [-0.05, 0) is 55.8 Å². The highest BCUT2D eigenvalue weighted by molar-refractivity contribution is 5.71. The molecule has 0 aliphatic carbocycles. The van der Waals surface area contributed by atoms with Crippen molar-refractivity contribution >= 4 is 5.97 Å². The number of carboxylic acids is 1. The Hall–Kier alpha value is -2.35. The van der Waals surface area contributed by atoms with Crippen LogP contribution >= 0.6 is 0 Å². The molecule has 0 spiro atoms. The number of hydrogen-bond donors (Lipinski definition) is 3. The maximum Gasteiger partial charge on any atom is 0.307 e. The minimum atomic E-state index is -0.829. The number of hydrogen-bond acceptors (Lipinski definition) is 6. The van der Waals surface area contributed by atoms with Gasteiger partial charge in [0.15, 0.2) is 5.82 Å². The van der Waals surface area contributed by atoms with Crippen LogP contribution in [-0.2, 0) is 11.2 Å². The monoisotopic (exact) mass is 372 g/mol. The van der Waals surface area contributed by atoms with Crippen molar-refractivity contribution in [2.45, 2.75) is 51.4 Å². The summed E-state index contributed by atoms with van der Waals surface area (Å²) in [5, 5.41) is 27.4. The Morgan fingerprint density at radius 1 is 1.30 bits per heavy atom. The molecule has 8 heteroatoms. The number of carboxylic acid groups (broad SMARTS) is 1. The summed E-state index contributed by atoms with van der Waals surface area (Å²) in [6.45, 7) is 6.13. The molecule has 27 heavy (non-hydrogen) atoms. The smallest absolute Gasteiger partial charge is 0.307 e. The molecule has 8 nitrogen and oxygen atoms in total. The highest BCUT2D eigenvalue weighted by Crippen LogP contribution is 2.31. The van der Waals surface area contributed by atoms with Crippen LogP contribution in [0.2, 0.25) is 0 Å². The van der Waals surface area contributed by atoms with Gasteiger partial charge >= 0.3 is 5.97 Å². The van der Waals surface area contributed by atoms with Crippen LogP contribution in [0.5, 0.6) is 0 Å². The van der Waals surface area contributed by atoms with Crippen molar-refractivity contribution in [2.24, 2.45) is 11.8 Å². The molecule has 0 bridgehead atoms. The fourth-order valence-corrected chi connectivity index (χ4v) is 3.86. The van der Waals surface area contributed by atoms with E-state index in [1.165, 1.54) is 5.56 Å². The molecule has 0 saturated carbocycles. The van der Waals surface area contributed by atoms with Crippen LogP contribution in [0.1, 0.15) is 62.0 Å². The molecular weight excluding hydrogens is 344 g/mol. The van der Waals surface area contributed by atoms with Crippen LogP contribution < -0.4 is 5.32 Å². The third kappa shape index (κ3) is 5.09. The SMILES string of the molecule is CC(C)CC(C(=O)O)C(Cc1ccc(C2CCNCC2)cn1)c1nn[nH]n1. The number of pyridine rings is 1. The third-order valence-electron chi connectivity index (χ3n) is 5.31. The molecule has 2 atom stereocenters. The first-order chi connectivity index (χ1) is 13.0. The zero-order valence-corrected chi connectivity index (χ0v) is 15.9. The van der Waals surface area contributed by atoms with Crippen LogP contribution in [0, 0.1) is 11.8 Å². The predicted octanol–water partition coefficient (Wildman–Crippen LogP) is 2.13. The number of nitrogens with zero attached hydrogens (tertiary/aromatic N) is 4. The molecule has 1 aliphatic heterocycles. The van der Waals surface area contributed by atoms with Crippen molar-refractivity contribution in [1.82, 2.24) is 30.9 Å². The van der Waals surface area contributed by atoms with Gasteiger partial charge in [-0.15, -0.1) is 10.2 Å². The summed E-state index contributed by atoms with van der Waals surface area (Å²) < 4.78 is 0. The highest BCUT2D eigenvalue weighted by Gasteiger charge is 2.33. The number of aliphatic carboxylic acids is 1. The van der Waals surface area contributed by atoms with E-state index in [1.54, 1.807) is 0 Å². The highest BCUT2D eigenvalue weighted by atomic mass is 16.4. The van der Waals surface area contributed by atoms with Gasteiger partial charge in [-0.25, -0.2) is 0 Å². The summed E-state index contributed by atoms with van der Waals surface area (Å²) in [6, 6.07) is 4.14.